The fourth-order valence-electron chi connectivity index (χ4n) is 2.99. The number of carbonyl (C=O) groups is 1. The quantitative estimate of drug-likeness (QED) is 0.340. The Bertz CT molecular complexity index is 1300. The molecule has 9 nitrogen and oxygen atoms in total. The summed E-state index contributed by atoms with van der Waals surface area (Å²) in [7, 11) is 1.56. The van der Waals surface area contributed by atoms with E-state index in [-0.39, 0.29) is 30.7 Å². The molecule has 0 radical (unpaired) electrons. The van der Waals surface area contributed by atoms with Crippen molar-refractivity contribution in [3.8, 4) is 17.2 Å². The molecule has 0 aliphatic carbocycles. The van der Waals surface area contributed by atoms with Gasteiger partial charge < -0.3 is 25.2 Å². The summed E-state index contributed by atoms with van der Waals surface area (Å²) in [6.07, 6.45) is 1.45. The van der Waals surface area contributed by atoms with Gasteiger partial charge in [0.05, 0.1) is 18.3 Å². The second kappa shape index (κ2) is 10.3. The van der Waals surface area contributed by atoms with Crippen LogP contribution in [0.5, 0.6) is 17.2 Å². The standard InChI is InChI=1S/C22H21N5O4S.ClH/c1-12-4-5-14(6-18(12)29)26-21-16-7-19(30-3)20(8-17(16)23-11-24-21)31-9-15-10-32-22(27-15)25-13(2)28;/h4-8,10-11,29H,9H2,1-3H3,(H,23,24,26)(H,25,27,28);1H. The van der Waals surface area contributed by atoms with Crippen molar-refractivity contribution in [2.24, 2.45) is 0 Å². The molecule has 0 fully saturated rings. The van der Waals surface area contributed by atoms with Crippen LogP contribution in [0.25, 0.3) is 10.9 Å². The number of aryl methyl sites for hydroxylation is 1. The van der Waals surface area contributed by atoms with Gasteiger partial charge in [0.1, 0.15) is 24.5 Å². The molecule has 11 heteroatoms. The molecule has 2 heterocycles. The first-order valence-corrected chi connectivity index (χ1v) is 10.5. The van der Waals surface area contributed by atoms with E-state index in [2.05, 4.69) is 25.6 Å². The van der Waals surface area contributed by atoms with E-state index in [4.69, 9.17) is 9.47 Å². The topological polar surface area (TPSA) is 118 Å². The van der Waals surface area contributed by atoms with Crippen molar-refractivity contribution in [2.45, 2.75) is 20.5 Å². The van der Waals surface area contributed by atoms with Crippen LogP contribution in [0.15, 0.2) is 42.0 Å². The van der Waals surface area contributed by atoms with Gasteiger partial charge in [-0.25, -0.2) is 15.0 Å². The molecular weight excluding hydrogens is 466 g/mol. The van der Waals surface area contributed by atoms with Crippen LogP contribution in [0.1, 0.15) is 18.2 Å². The number of anilines is 3. The Kier molecular flexibility index (Phi) is 7.52. The normalized spacial score (nSPS) is 10.4. The zero-order chi connectivity index (χ0) is 22.7. The molecule has 4 rings (SSSR count). The molecule has 33 heavy (non-hydrogen) atoms. The van der Waals surface area contributed by atoms with E-state index in [0.717, 1.165) is 10.9 Å². The number of ether oxygens (including phenoxy) is 2. The van der Waals surface area contributed by atoms with Crippen LogP contribution in [0.4, 0.5) is 16.6 Å². The Morgan fingerprint density at radius 3 is 2.73 bits per heavy atom. The number of amides is 1. The zero-order valence-electron chi connectivity index (χ0n) is 18.1. The van der Waals surface area contributed by atoms with Gasteiger partial charge in [-0.1, -0.05) is 6.07 Å². The van der Waals surface area contributed by atoms with Crippen molar-refractivity contribution >= 4 is 57.2 Å². The largest absolute Gasteiger partial charge is 0.508 e. The predicted octanol–water partition coefficient (Wildman–Crippen LogP) is 4.81. The van der Waals surface area contributed by atoms with E-state index >= 15 is 0 Å². The highest BCUT2D eigenvalue weighted by Crippen LogP contribution is 2.35. The maximum absolute atomic E-state index is 11.2. The highest BCUT2D eigenvalue weighted by molar-refractivity contribution is 7.13. The summed E-state index contributed by atoms with van der Waals surface area (Å²) in [5, 5.41) is 18.9. The first-order chi connectivity index (χ1) is 15.4. The molecule has 1 amide bonds. The zero-order valence-corrected chi connectivity index (χ0v) is 19.7. The minimum absolute atomic E-state index is 0. The number of thiazole rings is 1. The summed E-state index contributed by atoms with van der Waals surface area (Å²) in [5.74, 6) is 1.62. The van der Waals surface area contributed by atoms with Crippen LogP contribution < -0.4 is 20.1 Å². The second-order valence-corrected chi connectivity index (χ2v) is 7.84. The molecule has 172 valence electrons. The first-order valence-electron chi connectivity index (χ1n) is 9.67. The van der Waals surface area contributed by atoms with Crippen LogP contribution in [0.2, 0.25) is 0 Å². The number of fused-ring (bicyclic) bond motifs is 1. The van der Waals surface area contributed by atoms with E-state index in [1.807, 2.05) is 24.4 Å². The fraction of sp³-hybridized carbons (Fsp3) is 0.182. The van der Waals surface area contributed by atoms with Gasteiger partial charge in [0.15, 0.2) is 16.6 Å². The van der Waals surface area contributed by atoms with E-state index in [9.17, 15) is 9.90 Å². The second-order valence-electron chi connectivity index (χ2n) is 6.98. The van der Waals surface area contributed by atoms with Gasteiger partial charge in [0, 0.05) is 35.5 Å². The van der Waals surface area contributed by atoms with Crippen molar-refractivity contribution in [3.05, 3.63) is 53.3 Å². The van der Waals surface area contributed by atoms with Gasteiger partial charge in [-0.15, -0.1) is 23.7 Å². The maximum Gasteiger partial charge on any atom is 0.223 e. The Labute approximate surface area is 200 Å². The third-order valence-corrected chi connectivity index (χ3v) is 5.41. The molecule has 0 unspecified atom stereocenters. The number of nitrogens with one attached hydrogen (secondary N) is 2. The van der Waals surface area contributed by atoms with Crippen molar-refractivity contribution < 1.29 is 19.4 Å². The smallest absolute Gasteiger partial charge is 0.223 e. The number of aromatic hydroxyl groups is 1. The Hall–Kier alpha value is -3.63. The van der Waals surface area contributed by atoms with Gasteiger partial charge in [-0.3, -0.25) is 4.79 Å². The van der Waals surface area contributed by atoms with E-state index in [0.29, 0.717) is 39.3 Å². The van der Waals surface area contributed by atoms with Gasteiger partial charge in [0.25, 0.3) is 0 Å². The number of phenols is 1. The molecule has 4 aromatic rings. The molecular formula is C22H22ClN5O4S. The Morgan fingerprint density at radius 2 is 2.00 bits per heavy atom. The molecule has 0 saturated carbocycles. The van der Waals surface area contributed by atoms with E-state index in [1.165, 1.54) is 24.6 Å². The molecule has 2 aromatic carbocycles. The molecule has 2 aromatic heterocycles. The third-order valence-electron chi connectivity index (χ3n) is 4.60. The van der Waals surface area contributed by atoms with Gasteiger partial charge in [-0.05, 0) is 24.6 Å². The maximum atomic E-state index is 11.2. The van der Waals surface area contributed by atoms with Crippen molar-refractivity contribution in [2.75, 3.05) is 17.7 Å². The summed E-state index contributed by atoms with van der Waals surface area (Å²) >= 11 is 1.33. The average molecular weight is 488 g/mol. The lowest BCUT2D eigenvalue weighted by atomic mass is 10.2. The number of hydrogen-bond acceptors (Lipinski definition) is 9. The minimum Gasteiger partial charge on any atom is -0.508 e. The number of carbonyl (C=O) groups excluding carboxylic acids is 1. The molecule has 0 atom stereocenters. The number of methoxy groups -OCH3 is 1. The lowest BCUT2D eigenvalue weighted by Crippen LogP contribution is -2.05. The lowest BCUT2D eigenvalue weighted by molar-refractivity contribution is -0.114. The number of rotatable bonds is 7. The predicted molar refractivity (Wildman–Crippen MR) is 130 cm³/mol. The van der Waals surface area contributed by atoms with E-state index < -0.39 is 0 Å². The number of halogens is 1. The number of benzene rings is 2. The monoisotopic (exact) mass is 487 g/mol. The van der Waals surface area contributed by atoms with Gasteiger partial charge in [0.2, 0.25) is 5.91 Å². The number of hydrogen-bond donors (Lipinski definition) is 3. The van der Waals surface area contributed by atoms with Crippen LogP contribution in [-0.4, -0.2) is 33.1 Å². The molecule has 0 saturated heterocycles. The van der Waals surface area contributed by atoms with Crippen molar-refractivity contribution in [1.82, 2.24) is 15.0 Å². The lowest BCUT2D eigenvalue weighted by Gasteiger charge is -2.13. The highest BCUT2D eigenvalue weighted by atomic mass is 35.5. The van der Waals surface area contributed by atoms with Crippen LogP contribution in [0.3, 0.4) is 0 Å². The summed E-state index contributed by atoms with van der Waals surface area (Å²) in [4.78, 5) is 24.2. The summed E-state index contributed by atoms with van der Waals surface area (Å²) in [6.45, 7) is 3.47. The summed E-state index contributed by atoms with van der Waals surface area (Å²) in [6, 6.07) is 8.89. The third kappa shape index (κ3) is 5.60. The number of nitrogens with zero attached hydrogens (tertiary/aromatic N) is 3. The highest BCUT2D eigenvalue weighted by Gasteiger charge is 2.13. The van der Waals surface area contributed by atoms with Crippen LogP contribution in [0, 0.1) is 6.92 Å². The molecule has 0 aliphatic rings. The summed E-state index contributed by atoms with van der Waals surface area (Å²) < 4.78 is 11.4. The van der Waals surface area contributed by atoms with Crippen LogP contribution >= 0.6 is 23.7 Å². The SMILES string of the molecule is COc1cc2c(Nc3ccc(C)c(O)c3)ncnc2cc1OCc1csc(NC(C)=O)n1.Cl. The average Bonchev–Trinajstić information content (AvgIpc) is 3.21. The van der Waals surface area contributed by atoms with E-state index in [1.54, 1.807) is 25.3 Å². The van der Waals surface area contributed by atoms with Crippen molar-refractivity contribution in [3.63, 3.8) is 0 Å². The van der Waals surface area contributed by atoms with Gasteiger partial charge in [-0.2, -0.15) is 0 Å². The summed E-state index contributed by atoms with van der Waals surface area (Å²) in [5.41, 5.74) is 2.83. The number of phenolic OH excluding ortho intramolecular Hbond substituents is 1. The minimum atomic E-state index is -0.173. The molecule has 0 bridgehead atoms. The first kappa shape index (κ1) is 24.0. The van der Waals surface area contributed by atoms with Crippen LogP contribution in [-0.2, 0) is 11.4 Å². The molecule has 3 N–H and O–H groups in total. The number of aromatic nitrogens is 3. The molecule has 0 aliphatic heterocycles. The van der Waals surface area contributed by atoms with Gasteiger partial charge >= 0.3 is 0 Å². The Balaban J connectivity index is 0.00000306. The Morgan fingerprint density at radius 1 is 1.18 bits per heavy atom. The fourth-order valence-corrected chi connectivity index (χ4v) is 3.73. The van der Waals surface area contributed by atoms with Crippen molar-refractivity contribution in [1.29, 1.82) is 0 Å². The molecule has 0 spiro atoms.